The van der Waals surface area contributed by atoms with E-state index < -0.39 is 0 Å². The van der Waals surface area contributed by atoms with Crippen molar-refractivity contribution < 1.29 is 9.53 Å². The first-order chi connectivity index (χ1) is 8.26. The highest BCUT2D eigenvalue weighted by molar-refractivity contribution is 5.70. The second-order valence-electron chi connectivity index (χ2n) is 3.44. The van der Waals surface area contributed by atoms with Crippen LogP contribution in [-0.2, 0) is 9.53 Å². The molecule has 0 radical (unpaired) electrons. The van der Waals surface area contributed by atoms with Gasteiger partial charge in [0.1, 0.15) is 5.82 Å². The first-order valence-electron chi connectivity index (χ1n) is 5.85. The molecule has 5 heteroatoms. The lowest BCUT2D eigenvalue weighted by molar-refractivity contribution is -0.142. The number of esters is 1. The summed E-state index contributed by atoms with van der Waals surface area (Å²) in [5.74, 6) is 0.648. The fourth-order valence-corrected chi connectivity index (χ4v) is 1.36. The number of rotatable bonds is 7. The number of aromatic nitrogens is 1. The Morgan fingerprint density at radius 1 is 1.41 bits per heavy atom. The molecule has 0 unspecified atom stereocenters. The average Bonchev–Trinajstić information content (AvgIpc) is 2.30. The lowest BCUT2D eigenvalue weighted by Crippen LogP contribution is -2.11. The minimum atomic E-state index is -0.180. The highest BCUT2D eigenvalue weighted by atomic mass is 16.5. The van der Waals surface area contributed by atoms with Crippen molar-refractivity contribution >= 4 is 17.5 Å². The standard InChI is InChI=1S/C12H19N3O2/c1-3-13-11-9-10(5-7-15-11)14-8-6-12(16)17-4-2/h5,7,9H,3-4,6,8H2,1-2H3,(H2,13,14,15). The van der Waals surface area contributed by atoms with Gasteiger partial charge in [-0.2, -0.15) is 0 Å². The monoisotopic (exact) mass is 237 g/mol. The molecule has 0 aliphatic rings. The van der Waals surface area contributed by atoms with Crippen LogP contribution in [-0.4, -0.2) is 30.6 Å². The zero-order chi connectivity index (χ0) is 12.5. The summed E-state index contributed by atoms with van der Waals surface area (Å²) in [6, 6.07) is 3.78. The number of hydrogen-bond acceptors (Lipinski definition) is 5. The third kappa shape index (κ3) is 5.19. The molecular formula is C12H19N3O2. The van der Waals surface area contributed by atoms with E-state index in [1.807, 2.05) is 19.1 Å². The fourth-order valence-electron chi connectivity index (χ4n) is 1.36. The van der Waals surface area contributed by atoms with Gasteiger partial charge < -0.3 is 15.4 Å². The molecule has 1 rings (SSSR count). The summed E-state index contributed by atoms with van der Waals surface area (Å²) < 4.78 is 4.84. The van der Waals surface area contributed by atoms with Crippen LogP contribution < -0.4 is 10.6 Å². The number of nitrogens with one attached hydrogen (secondary N) is 2. The van der Waals surface area contributed by atoms with Crippen LogP contribution in [0.1, 0.15) is 20.3 Å². The Balaban J connectivity index is 2.35. The van der Waals surface area contributed by atoms with E-state index in [-0.39, 0.29) is 5.97 Å². The SMILES string of the molecule is CCNc1cc(NCCC(=O)OCC)ccn1. The molecule has 0 saturated carbocycles. The van der Waals surface area contributed by atoms with E-state index >= 15 is 0 Å². The van der Waals surface area contributed by atoms with Crippen LogP contribution in [0.2, 0.25) is 0 Å². The van der Waals surface area contributed by atoms with Crippen molar-refractivity contribution in [3.63, 3.8) is 0 Å². The fraction of sp³-hybridized carbons (Fsp3) is 0.500. The molecule has 5 nitrogen and oxygen atoms in total. The van der Waals surface area contributed by atoms with Crippen molar-refractivity contribution in [1.82, 2.24) is 4.98 Å². The van der Waals surface area contributed by atoms with Gasteiger partial charge in [-0.3, -0.25) is 4.79 Å². The summed E-state index contributed by atoms with van der Waals surface area (Å²) in [5.41, 5.74) is 0.945. The zero-order valence-electron chi connectivity index (χ0n) is 10.3. The zero-order valence-corrected chi connectivity index (χ0v) is 10.3. The van der Waals surface area contributed by atoms with Gasteiger partial charge in [-0.15, -0.1) is 0 Å². The Kier molecular flexibility index (Phi) is 5.85. The van der Waals surface area contributed by atoms with E-state index in [0.717, 1.165) is 18.1 Å². The molecule has 0 bridgehead atoms. The molecule has 0 saturated heterocycles. The van der Waals surface area contributed by atoms with Gasteiger partial charge in [0.05, 0.1) is 13.0 Å². The lowest BCUT2D eigenvalue weighted by Gasteiger charge is -2.08. The van der Waals surface area contributed by atoms with Crippen LogP contribution >= 0.6 is 0 Å². The Morgan fingerprint density at radius 2 is 2.24 bits per heavy atom. The molecule has 0 aliphatic carbocycles. The van der Waals surface area contributed by atoms with Gasteiger partial charge in [0.15, 0.2) is 0 Å². The predicted molar refractivity (Wildman–Crippen MR) is 68.1 cm³/mol. The molecule has 0 atom stereocenters. The largest absolute Gasteiger partial charge is 0.466 e. The molecule has 1 aromatic rings. The van der Waals surface area contributed by atoms with Crippen molar-refractivity contribution in [2.24, 2.45) is 0 Å². The van der Waals surface area contributed by atoms with Crippen LogP contribution in [0.15, 0.2) is 18.3 Å². The molecule has 17 heavy (non-hydrogen) atoms. The second kappa shape index (κ2) is 7.49. The Morgan fingerprint density at radius 3 is 2.94 bits per heavy atom. The van der Waals surface area contributed by atoms with Crippen molar-refractivity contribution in [1.29, 1.82) is 0 Å². The number of carbonyl (C=O) groups excluding carboxylic acids is 1. The highest BCUT2D eigenvalue weighted by Crippen LogP contribution is 2.11. The number of hydrogen-bond donors (Lipinski definition) is 2. The number of pyridine rings is 1. The van der Waals surface area contributed by atoms with Crippen LogP contribution in [0.5, 0.6) is 0 Å². The van der Waals surface area contributed by atoms with Crippen molar-refractivity contribution in [2.45, 2.75) is 20.3 Å². The molecule has 1 aromatic heterocycles. The molecule has 0 amide bonds. The van der Waals surface area contributed by atoms with Crippen LogP contribution in [0.4, 0.5) is 11.5 Å². The predicted octanol–water partition coefficient (Wildman–Crippen LogP) is 1.88. The molecule has 0 aromatic carbocycles. The third-order valence-corrected chi connectivity index (χ3v) is 2.08. The molecule has 0 aliphatic heterocycles. The van der Waals surface area contributed by atoms with E-state index in [0.29, 0.717) is 19.6 Å². The molecule has 94 valence electrons. The normalized spacial score (nSPS) is 9.76. The first-order valence-corrected chi connectivity index (χ1v) is 5.85. The summed E-state index contributed by atoms with van der Waals surface area (Å²) >= 11 is 0. The van der Waals surface area contributed by atoms with E-state index in [1.54, 1.807) is 13.1 Å². The number of carbonyl (C=O) groups is 1. The molecule has 1 heterocycles. The van der Waals surface area contributed by atoms with Crippen molar-refractivity contribution in [3.8, 4) is 0 Å². The summed E-state index contributed by atoms with van der Waals surface area (Å²) in [4.78, 5) is 15.3. The quantitative estimate of drug-likeness (QED) is 0.709. The molecule has 0 fully saturated rings. The number of nitrogens with zero attached hydrogens (tertiary/aromatic N) is 1. The van der Waals surface area contributed by atoms with E-state index in [2.05, 4.69) is 15.6 Å². The van der Waals surface area contributed by atoms with Gasteiger partial charge in [-0.05, 0) is 19.9 Å². The molecule has 0 spiro atoms. The highest BCUT2D eigenvalue weighted by Gasteiger charge is 2.01. The van der Waals surface area contributed by atoms with Gasteiger partial charge in [-0.1, -0.05) is 0 Å². The van der Waals surface area contributed by atoms with Crippen molar-refractivity contribution in [3.05, 3.63) is 18.3 Å². The van der Waals surface area contributed by atoms with E-state index in [1.165, 1.54) is 0 Å². The minimum Gasteiger partial charge on any atom is -0.466 e. The molecular weight excluding hydrogens is 218 g/mol. The average molecular weight is 237 g/mol. The van der Waals surface area contributed by atoms with Crippen molar-refractivity contribution in [2.75, 3.05) is 30.3 Å². The topological polar surface area (TPSA) is 63.2 Å². The summed E-state index contributed by atoms with van der Waals surface area (Å²) in [6.45, 7) is 5.64. The summed E-state index contributed by atoms with van der Waals surface area (Å²) in [7, 11) is 0. The van der Waals surface area contributed by atoms with Crippen LogP contribution in [0.3, 0.4) is 0 Å². The number of anilines is 2. The van der Waals surface area contributed by atoms with Gasteiger partial charge in [-0.25, -0.2) is 4.98 Å². The smallest absolute Gasteiger partial charge is 0.307 e. The van der Waals surface area contributed by atoms with Gasteiger partial charge >= 0.3 is 5.97 Å². The maximum Gasteiger partial charge on any atom is 0.307 e. The third-order valence-electron chi connectivity index (χ3n) is 2.08. The minimum absolute atomic E-state index is 0.180. The Hall–Kier alpha value is -1.78. The van der Waals surface area contributed by atoms with Gasteiger partial charge in [0.2, 0.25) is 0 Å². The van der Waals surface area contributed by atoms with E-state index in [9.17, 15) is 4.79 Å². The first kappa shape index (κ1) is 13.3. The lowest BCUT2D eigenvalue weighted by atomic mass is 10.3. The van der Waals surface area contributed by atoms with E-state index in [4.69, 9.17) is 4.74 Å². The summed E-state index contributed by atoms with van der Waals surface area (Å²) in [5, 5.41) is 6.28. The van der Waals surface area contributed by atoms with Crippen LogP contribution in [0, 0.1) is 0 Å². The van der Waals surface area contributed by atoms with Gasteiger partial charge in [0, 0.05) is 31.0 Å². The second-order valence-corrected chi connectivity index (χ2v) is 3.44. The maximum absolute atomic E-state index is 11.1. The molecule has 2 N–H and O–H groups in total. The van der Waals surface area contributed by atoms with Crippen LogP contribution in [0.25, 0.3) is 0 Å². The Bertz CT molecular complexity index is 355. The van der Waals surface area contributed by atoms with Gasteiger partial charge in [0.25, 0.3) is 0 Å². The summed E-state index contributed by atoms with van der Waals surface area (Å²) in [6.07, 6.45) is 2.09. The number of ether oxygens (including phenoxy) is 1. The Labute approximate surface area is 102 Å². The maximum atomic E-state index is 11.1.